The predicted molar refractivity (Wildman–Crippen MR) is 118 cm³/mol. The second-order valence-electron chi connectivity index (χ2n) is 10.0. The lowest BCUT2D eigenvalue weighted by atomic mass is 9.25. The molecule has 3 rings (SSSR count). The Labute approximate surface area is 166 Å². The molecule has 0 nitrogen and oxygen atoms in total. The molecule has 0 aromatic carbocycles. The average Bonchev–Trinajstić information content (AvgIpc) is 3.40. The van der Waals surface area contributed by atoms with Gasteiger partial charge in [-0.05, 0) is 5.92 Å². The van der Waals surface area contributed by atoms with E-state index in [0.29, 0.717) is 5.31 Å². The van der Waals surface area contributed by atoms with E-state index in [1.165, 1.54) is 135 Å². The molecule has 0 atom stereocenters. The monoisotopic (exact) mass is 354 g/mol. The molecule has 2 radical (unpaired) electrons. The second kappa shape index (κ2) is 11.9. The highest BCUT2D eigenvalue weighted by Crippen LogP contribution is 2.61. The van der Waals surface area contributed by atoms with Crippen LogP contribution in [-0.4, -0.2) is 14.3 Å². The molecule has 3 aliphatic carbocycles. The van der Waals surface area contributed by atoms with Gasteiger partial charge < -0.3 is 0 Å². The Morgan fingerprint density at radius 3 is 1.27 bits per heavy atom. The smallest absolute Gasteiger partial charge is 0.0745 e. The first-order chi connectivity index (χ1) is 12.9. The van der Waals surface area contributed by atoms with Crippen molar-refractivity contribution >= 4 is 14.3 Å². The maximum Gasteiger partial charge on any atom is 0.0745 e. The Morgan fingerprint density at radius 1 is 0.462 bits per heavy atom. The van der Waals surface area contributed by atoms with Crippen LogP contribution < -0.4 is 0 Å². The van der Waals surface area contributed by atoms with Crippen LogP contribution in [0.25, 0.3) is 0 Å². The molecule has 26 heavy (non-hydrogen) atoms. The summed E-state index contributed by atoms with van der Waals surface area (Å²) in [6, 6.07) is 0. The van der Waals surface area contributed by atoms with E-state index in [-0.39, 0.29) is 0 Å². The van der Waals surface area contributed by atoms with E-state index in [4.69, 9.17) is 0 Å². The van der Waals surface area contributed by atoms with Crippen LogP contribution in [0, 0.1) is 5.92 Å². The van der Waals surface area contributed by atoms with Crippen molar-refractivity contribution in [3.8, 4) is 0 Å². The summed E-state index contributed by atoms with van der Waals surface area (Å²) in [5, 5.41) is 0.647. The highest BCUT2D eigenvalue weighted by atomic mass is 14.4. The lowest BCUT2D eigenvalue weighted by Gasteiger charge is -2.28. The van der Waals surface area contributed by atoms with Crippen LogP contribution in [0.2, 0.25) is 11.1 Å². The molecular weight excluding hydrogens is 310 g/mol. The summed E-state index contributed by atoms with van der Waals surface area (Å²) >= 11 is 0. The first-order valence-corrected chi connectivity index (χ1v) is 12.6. The summed E-state index contributed by atoms with van der Waals surface area (Å²) in [5.74, 6) is 1.91. The Bertz CT molecular complexity index is 341. The molecule has 0 heterocycles. The lowest BCUT2D eigenvalue weighted by molar-refractivity contribution is 0.391. The topological polar surface area (TPSA) is 0 Å². The van der Waals surface area contributed by atoms with Gasteiger partial charge in [-0.1, -0.05) is 146 Å². The van der Waals surface area contributed by atoms with Gasteiger partial charge >= 0.3 is 0 Å². The molecule has 0 saturated heterocycles. The Morgan fingerprint density at radius 2 is 0.846 bits per heavy atom. The van der Waals surface area contributed by atoms with Gasteiger partial charge in [0.25, 0.3) is 0 Å². The summed E-state index contributed by atoms with van der Waals surface area (Å²) in [6.45, 7) is 0. The number of rotatable bonds is 4. The third kappa shape index (κ3) is 7.27. The van der Waals surface area contributed by atoms with E-state index < -0.39 is 0 Å². The molecule has 0 spiro atoms. The molecule has 3 saturated carbocycles. The van der Waals surface area contributed by atoms with Crippen molar-refractivity contribution in [2.75, 3.05) is 0 Å². The molecule has 0 bridgehead atoms. The van der Waals surface area contributed by atoms with Gasteiger partial charge in [0.2, 0.25) is 0 Å². The molecule has 146 valence electrons. The van der Waals surface area contributed by atoms with Gasteiger partial charge in [0, 0.05) is 0 Å². The van der Waals surface area contributed by atoms with Gasteiger partial charge in [-0.2, -0.15) is 0 Å². The fraction of sp³-hybridized carbons (Fsp3) is 1.00. The van der Waals surface area contributed by atoms with Crippen molar-refractivity contribution in [2.45, 2.75) is 146 Å². The Hall–Kier alpha value is 0.130. The third-order valence-corrected chi connectivity index (χ3v) is 7.85. The van der Waals surface area contributed by atoms with Crippen molar-refractivity contribution in [1.82, 2.24) is 0 Å². The van der Waals surface area contributed by atoms with Crippen LogP contribution >= 0.6 is 0 Å². The van der Waals surface area contributed by atoms with E-state index in [2.05, 4.69) is 14.3 Å². The molecule has 0 unspecified atom stereocenters. The predicted octanol–water partition coefficient (Wildman–Crippen LogP) is 8.11. The van der Waals surface area contributed by atoms with E-state index >= 15 is 0 Å². The first-order valence-electron chi connectivity index (χ1n) is 12.6. The van der Waals surface area contributed by atoms with Crippen molar-refractivity contribution in [2.24, 2.45) is 5.92 Å². The fourth-order valence-corrected chi connectivity index (χ4v) is 5.78. The van der Waals surface area contributed by atoms with Crippen molar-refractivity contribution in [3.63, 3.8) is 0 Å². The molecule has 0 aliphatic heterocycles. The summed E-state index contributed by atoms with van der Waals surface area (Å²) in [7, 11) is 5.50. The summed E-state index contributed by atoms with van der Waals surface area (Å²) in [5.41, 5.74) is 0. The van der Waals surface area contributed by atoms with E-state index in [1.54, 1.807) is 0 Å². The SMILES string of the molecule is [B]([B]C1(C2CCCCCCCC2)CC1)C1CCCCCCCCCCC1. The normalized spacial score (nSPS) is 27.8. The van der Waals surface area contributed by atoms with Crippen LogP contribution in [-0.2, 0) is 0 Å². The highest BCUT2D eigenvalue weighted by molar-refractivity contribution is 7.03. The van der Waals surface area contributed by atoms with Crippen molar-refractivity contribution in [3.05, 3.63) is 0 Å². The minimum atomic E-state index is 0.647. The molecule has 0 aromatic heterocycles. The van der Waals surface area contributed by atoms with Crippen LogP contribution in [0.4, 0.5) is 0 Å². The quantitative estimate of drug-likeness (QED) is 0.447. The third-order valence-electron chi connectivity index (χ3n) is 7.85. The van der Waals surface area contributed by atoms with Gasteiger partial charge in [0.15, 0.2) is 0 Å². The van der Waals surface area contributed by atoms with Crippen LogP contribution in [0.5, 0.6) is 0 Å². The summed E-state index contributed by atoms with van der Waals surface area (Å²) in [4.78, 5) is 0. The second-order valence-corrected chi connectivity index (χ2v) is 10.0. The lowest BCUT2D eigenvalue weighted by Crippen LogP contribution is -2.24. The maximum atomic E-state index is 2.77. The van der Waals surface area contributed by atoms with E-state index in [1.807, 2.05) is 0 Å². The minimum absolute atomic E-state index is 0.647. The van der Waals surface area contributed by atoms with Crippen LogP contribution in [0.15, 0.2) is 0 Å². The standard InChI is InChI=1S/C24H44B2/c1-2-4-10-14-18-23(19-15-11-5-3-1)25-26-24(20-21-24)22-16-12-8-6-7-9-13-17-22/h22-23H,1-21H2. The Balaban J connectivity index is 1.45. The molecule has 3 aliphatic rings. The maximum absolute atomic E-state index is 2.77. The largest absolute Gasteiger partial charge is 0.0774 e. The minimum Gasteiger partial charge on any atom is -0.0774 e. The van der Waals surface area contributed by atoms with Crippen molar-refractivity contribution < 1.29 is 0 Å². The van der Waals surface area contributed by atoms with E-state index in [0.717, 1.165) is 11.7 Å². The van der Waals surface area contributed by atoms with Gasteiger partial charge in [-0.3, -0.25) is 0 Å². The summed E-state index contributed by atoms with van der Waals surface area (Å²) in [6.07, 6.45) is 31.4. The zero-order chi connectivity index (χ0) is 17.9. The Kier molecular flexibility index (Phi) is 9.51. The van der Waals surface area contributed by atoms with Gasteiger partial charge in [0.05, 0.1) is 14.3 Å². The zero-order valence-electron chi connectivity index (χ0n) is 17.7. The number of hydrogen-bond donors (Lipinski definition) is 0. The molecule has 2 heteroatoms. The molecule has 0 aromatic rings. The molecule has 0 N–H and O–H groups in total. The fourth-order valence-electron chi connectivity index (χ4n) is 5.78. The zero-order valence-corrected chi connectivity index (χ0v) is 17.7. The van der Waals surface area contributed by atoms with E-state index in [9.17, 15) is 0 Å². The molecule has 0 amide bonds. The van der Waals surface area contributed by atoms with Crippen LogP contribution in [0.1, 0.15) is 135 Å². The highest BCUT2D eigenvalue weighted by Gasteiger charge is 2.47. The number of hydrogen-bond acceptors (Lipinski definition) is 0. The summed E-state index contributed by atoms with van der Waals surface area (Å²) < 4.78 is 0. The average molecular weight is 354 g/mol. The van der Waals surface area contributed by atoms with Crippen LogP contribution in [0.3, 0.4) is 0 Å². The van der Waals surface area contributed by atoms with Gasteiger partial charge in [-0.15, -0.1) is 0 Å². The van der Waals surface area contributed by atoms with Gasteiger partial charge in [-0.25, -0.2) is 0 Å². The molecule has 3 fully saturated rings. The van der Waals surface area contributed by atoms with Crippen molar-refractivity contribution in [1.29, 1.82) is 0 Å². The first kappa shape index (κ1) is 20.9. The molecular formula is C24H44B2. The van der Waals surface area contributed by atoms with Gasteiger partial charge in [0.1, 0.15) is 0 Å².